The lowest BCUT2D eigenvalue weighted by Gasteiger charge is -2.33. The third-order valence-electron chi connectivity index (χ3n) is 4.73. The molecule has 7 nitrogen and oxygen atoms in total. The third-order valence-corrected chi connectivity index (χ3v) is 4.73. The zero-order valence-electron chi connectivity index (χ0n) is 14.2. The number of pyridine rings is 1. The molecular formula is C17H23FN4O3. The number of piperidine rings is 1. The fourth-order valence-corrected chi connectivity index (χ4v) is 3.26. The van der Waals surface area contributed by atoms with Gasteiger partial charge in [0, 0.05) is 38.3 Å². The second kappa shape index (κ2) is 7.77. The highest BCUT2D eigenvalue weighted by Gasteiger charge is 2.31. The van der Waals surface area contributed by atoms with Crippen LogP contribution in [0.2, 0.25) is 0 Å². The first kappa shape index (κ1) is 17.6. The van der Waals surface area contributed by atoms with Crippen LogP contribution in [0.3, 0.4) is 0 Å². The first-order chi connectivity index (χ1) is 12.1. The summed E-state index contributed by atoms with van der Waals surface area (Å²) in [6, 6.07) is 3.18. The van der Waals surface area contributed by atoms with Gasteiger partial charge < -0.3 is 20.3 Å². The number of rotatable bonds is 4. The molecule has 2 saturated heterocycles. The smallest absolute Gasteiger partial charge is 0.339 e. The number of amides is 1. The van der Waals surface area contributed by atoms with Crippen LogP contribution in [-0.4, -0.2) is 61.9 Å². The van der Waals surface area contributed by atoms with Crippen LogP contribution in [0.4, 0.5) is 10.2 Å². The second-order valence-corrected chi connectivity index (χ2v) is 6.46. The van der Waals surface area contributed by atoms with Crippen molar-refractivity contribution < 1.29 is 18.7 Å². The van der Waals surface area contributed by atoms with Gasteiger partial charge in [-0.1, -0.05) is 0 Å². The largest absolute Gasteiger partial charge is 0.465 e. The van der Waals surface area contributed by atoms with Gasteiger partial charge in [-0.25, -0.2) is 14.2 Å². The molecule has 0 aliphatic carbocycles. The maximum atomic E-state index is 13.2. The molecule has 0 spiro atoms. The monoisotopic (exact) mass is 350 g/mol. The summed E-state index contributed by atoms with van der Waals surface area (Å²) in [5.74, 6) is 0.283. The number of halogens is 1. The van der Waals surface area contributed by atoms with E-state index < -0.39 is 18.2 Å². The molecule has 136 valence electrons. The molecular weight excluding hydrogens is 327 g/mol. The van der Waals surface area contributed by atoms with E-state index in [9.17, 15) is 14.0 Å². The predicted molar refractivity (Wildman–Crippen MR) is 90.3 cm³/mol. The zero-order valence-corrected chi connectivity index (χ0v) is 14.2. The van der Waals surface area contributed by atoms with Gasteiger partial charge in [-0.05, 0) is 25.0 Å². The Labute approximate surface area is 145 Å². The van der Waals surface area contributed by atoms with Crippen molar-refractivity contribution >= 4 is 17.7 Å². The third kappa shape index (κ3) is 4.25. The normalized spacial score (nSPS) is 24.2. The number of esters is 1. The van der Waals surface area contributed by atoms with Crippen molar-refractivity contribution in [3.8, 4) is 0 Å². The Morgan fingerprint density at radius 2 is 2.12 bits per heavy atom. The summed E-state index contributed by atoms with van der Waals surface area (Å²) in [5, 5.41) is 5.91. The molecule has 2 N–H and O–H groups in total. The molecule has 1 aromatic heterocycles. The number of alkyl halides is 1. The molecule has 8 heteroatoms. The number of nitrogens with zero attached hydrogens (tertiary/aromatic N) is 2. The van der Waals surface area contributed by atoms with Crippen molar-refractivity contribution in [2.24, 2.45) is 0 Å². The Hall–Kier alpha value is -2.22. The topological polar surface area (TPSA) is 83.6 Å². The van der Waals surface area contributed by atoms with E-state index in [0.29, 0.717) is 5.56 Å². The van der Waals surface area contributed by atoms with E-state index in [1.807, 2.05) is 0 Å². The number of ether oxygens (including phenoxy) is 1. The average Bonchev–Trinajstić information content (AvgIpc) is 3.08. The summed E-state index contributed by atoms with van der Waals surface area (Å²) in [6.07, 6.45) is 2.43. The minimum Gasteiger partial charge on any atom is -0.465 e. The van der Waals surface area contributed by atoms with Crippen LogP contribution < -0.4 is 15.5 Å². The van der Waals surface area contributed by atoms with Crippen molar-refractivity contribution in [2.75, 3.05) is 31.6 Å². The molecule has 2 aliphatic rings. The van der Waals surface area contributed by atoms with Gasteiger partial charge in [0.2, 0.25) is 5.91 Å². The highest BCUT2D eigenvalue weighted by molar-refractivity contribution is 5.89. The Bertz CT molecular complexity index is 617. The molecule has 0 radical (unpaired) electrons. The molecule has 25 heavy (non-hydrogen) atoms. The number of anilines is 1. The first-order valence-electron chi connectivity index (χ1n) is 8.54. The van der Waals surface area contributed by atoms with Gasteiger partial charge in [-0.15, -0.1) is 0 Å². The minimum absolute atomic E-state index is 0.0959. The number of carbonyl (C=O) groups is 2. The Kier molecular flexibility index (Phi) is 5.47. The minimum atomic E-state index is -0.934. The fraction of sp³-hybridized carbons (Fsp3) is 0.588. The van der Waals surface area contributed by atoms with E-state index >= 15 is 0 Å². The molecule has 0 saturated carbocycles. The average molecular weight is 350 g/mol. The Morgan fingerprint density at radius 1 is 1.36 bits per heavy atom. The van der Waals surface area contributed by atoms with E-state index in [4.69, 9.17) is 0 Å². The summed E-state index contributed by atoms with van der Waals surface area (Å²) in [5.41, 5.74) is 0.420. The standard InChI is InChI=1S/C17H23FN4O3/c1-25-17(24)11-2-3-15(20-9-11)22-6-4-13(5-7-22)21-16(23)14-8-12(18)10-19-14/h2-3,9,12-14,19H,4-8,10H2,1H3,(H,21,23)/t12-,14+/m1/s1. The fourth-order valence-electron chi connectivity index (χ4n) is 3.26. The van der Waals surface area contributed by atoms with E-state index in [1.165, 1.54) is 13.3 Å². The van der Waals surface area contributed by atoms with Gasteiger partial charge in [-0.3, -0.25) is 4.79 Å². The predicted octanol–water partition coefficient (Wildman–Crippen LogP) is 0.653. The van der Waals surface area contributed by atoms with Gasteiger partial charge in [0.1, 0.15) is 12.0 Å². The summed E-state index contributed by atoms with van der Waals surface area (Å²) in [7, 11) is 1.34. The molecule has 1 amide bonds. The number of methoxy groups -OCH3 is 1. The SMILES string of the molecule is COC(=O)c1ccc(N2CCC(NC(=O)[C@@H]3C[C@@H](F)CN3)CC2)nc1. The number of carbonyl (C=O) groups excluding carboxylic acids is 2. The number of aromatic nitrogens is 1. The number of hydrogen-bond donors (Lipinski definition) is 2. The maximum Gasteiger partial charge on any atom is 0.339 e. The van der Waals surface area contributed by atoms with Gasteiger partial charge in [0.15, 0.2) is 0 Å². The van der Waals surface area contributed by atoms with Gasteiger partial charge in [0.05, 0.1) is 18.7 Å². The highest BCUT2D eigenvalue weighted by atomic mass is 19.1. The second-order valence-electron chi connectivity index (χ2n) is 6.46. The van der Waals surface area contributed by atoms with Crippen molar-refractivity contribution in [1.29, 1.82) is 0 Å². The van der Waals surface area contributed by atoms with Gasteiger partial charge in [0.25, 0.3) is 0 Å². The first-order valence-corrected chi connectivity index (χ1v) is 8.54. The summed E-state index contributed by atoms with van der Waals surface area (Å²) >= 11 is 0. The molecule has 2 aliphatic heterocycles. The van der Waals surface area contributed by atoms with Crippen LogP contribution in [0.1, 0.15) is 29.6 Å². The van der Waals surface area contributed by atoms with Crippen LogP contribution in [0.25, 0.3) is 0 Å². The Balaban J connectivity index is 1.48. The van der Waals surface area contributed by atoms with Crippen molar-refractivity contribution in [2.45, 2.75) is 37.5 Å². The van der Waals surface area contributed by atoms with Crippen molar-refractivity contribution in [3.63, 3.8) is 0 Å². The maximum absolute atomic E-state index is 13.2. The molecule has 2 atom stereocenters. The van der Waals surface area contributed by atoms with Crippen LogP contribution in [-0.2, 0) is 9.53 Å². The van der Waals surface area contributed by atoms with Crippen molar-refractivity contribution in [1.82, 2.24) is 15.6 Å². The lowest BCUT2D eigenvalue weighted by Crippen LogP contribution is -2.49. The van der Waals surface area contributed by atoms with E-state index in [-0.39, 0.29) is 24.9 Å². The lowest BCUT2D eigenvalue weighted by atomic mass is 10.0. The van der Waals surface area contributed by atoms with Crippen LogP contribution >= 0.6 is 0 Å². The molecule has 3 rings (SSSR count). The van der Waals surface area contributed by atoms with Gasteiger partial charge in [-0.2, -0.15) is 0 Å². The van der Waals surface area contributed by atoms with E-state index in [1.54, 1.807) is 12.1 Å². The summed E-state index contributed by atoms with van der Waals surface area (Å²) in [4.78, 5) is 30.0. The quantitative estimate of drug-likeness (QED) is 0.776. The Morgan fingerprint density at radius 3 is 2.68 bits per heavy atom. The summed E-state index contributed by atoms with van der Waals surface area (Å²) < 4.78 is 17.8. The molecule has 2 fully saturated rings. The molecule has 3 heterocycles. The number of nitrogens with one attached hydrogen (secondary N) is 2. The van der Waals surface area contributed by atoms with Gasteiger partial charge >= 0.3 is 5.97 Å². The van der Waals surface area contributed by atoms with E-state index in [0.717, 1.165) is 31.7 Å². The van der Waals surface area contributed by atoms with Crippen LogP contribution in [0, 0.1) is 0 Å². The molecule has 0 bridgehead atoms. The number of hydrogen-bond acceptors (Lipinski definition) is 6. The molecule has 0 unspecified atom stereocenters. The van der Waals surface area contributed by atoms with Crippen LogP contribution in [0.15, 0.2) is 18.3 Å². The highest BCUT2D eigenvalue weighted by Crippen LogP contribution is 2.19. The van der Waals surface area contributed by atoms with Crippen LogP contribution in [0.5, 0.6) is 0 Å². The van der Waals surface area contributed by atoms with E-state index in [2.05, 4.69) is 25.3 Å². The van der Waals surface area contributed by atoms with Crippen molar-refractivity contribution in [3.05, 3.63) is 23.9 Å². The molecule has 0 aromatic carbocycles. The molecule has 1 aromatic rings. The summed E-state index contributed by atoms with van der Waals surface area (Å²) in [6.45, 7) is 1.78. The zero-order chi connectivity index (χ0) is 17.8. The lowest BCUT2D eigenvalue weighted by molar-refractivity contribution is -0.123.